The van der Waals surface area contributed by atoms with Crippen LogP contribution in [0.15, 0.2) is 0 Å². The Morgan fingerprint density at radius 1 is 1.43 bits per heavy atom. The molecule has 0 aliphatic carbocycles. The summed E-state index contributed by atoms with van der Waals surface area (Å²) in [5, 5.41) is 0. The third-order valence-corrected chi connectivity index (χ3v) is 0. The molecule has 0 bridgehead atoms. The Labute approximate surface area is 68.8 Å². The first-order valence-corrected chi connectivity index (χ1v) is 4.54. The molecule has 0 heterocycles. The van der Waals surface area contributed by atoms with Crippen LogP contribution in [0.2, 0.25) is 0 Å². The molecular formula is H4O2P2S2Zn. The van der Waals surface area contributed by atoms with E-state index in [4.69, 9.17) is 0 Å². The zero-order valence-electron chi connectivity index (χ0n) is 3.53. The molecule has 40 valence electrons. The summed E-state index contributed by atoms with van der Waals surface area (Å²) in [6.45, 7) is 0. The zero-order chi connectivity index (χ0) is 4.50. The fourth-order valence-electron chi connectivity index (χ4n) is 0. The van der Waals surface area contributed by atoms with Crippen LogP contribution in [-0.2, 0) is 31.3 Å². The predicted molar refractivity (Wildman–Crippen MR) is 34.4 cm³/mol. The molecule has 0 aliphatic heterocycles. The fraction of sp³-hybridized carbons (Fsp3) is 0. The molecule has 1 unspecified atom stereocenters. The minimum absolute atomic E-state index is 0. The third-order valence-electron chi connectivity index (χ3n) is 0. The van der Waals surface area contributed by atoms with Gasteiger partial charge in [0.05, 0.1) is 0 Å². The van der Waals surface area contributed by atoms with Gasteiger partial charge in [0.25, 0.3) is 0 Å². The molecule has 1 atom stereocenters. The van der Waals surface area contributed by atoms with Crippen molar-refractivity contribution in [3.63, 3.8) is 0 Å². The summed E-state index contributed by atoms with van der Waals surface area (Å²) in [5.41, 5.74) is -3.61. The van der Waals surface area contributed by atoms with Crippen LogP contribution < -0.4 is 9.79 Å². The van der Waals surface area contributed by atoms with Crippen molar-refractivity contribution in [2.45, 2.75) is 0 Å². The normalized spacial score (nSPS) is 8.43. The average molecular weight is 228 g/mol. The van der Waals surface area contributed by atoms with Crippen LogP contribution in [0.25, 0.3) is 0 Å². The molecular weight excluding hydrogens is 223 g/mol. The van der Waals surface area contributed by atoms with Crippen LogP contribution in [0.1, 0.15) is 0 Å². The van der Waals surface area contributed by atoms with Gasteiger partial charge in [-0.25, -0.2) is 0 Å². The van der Waals surface area contributed by atoms with Gasteiger partial charge in [-0.15, -0.1) is 11.8 Å². The van der Waals surface area contributed by atoms with Gasteiger partial charge in [-0.3, -0.25) is 0 Å². The van der Waals surface area contributed by atoms with Gasteiger partial charge < -0.3 is 9.79 Å². The molecule has 0 aliphatic rings. The van der Waals surface area contributed by atoms with E-state index in [9.17, 15) is 9.79 Å². The van der Waals surface area contributed by atoms with Crippen molar-refractivity contribution in [3.05, 3.63) is 0 Å². The quantitative estimate of drug-likeness (QED) is 0.325. The van der Waals surface area contributed by atoms with Crippen LogP contribution in [-0.4, -0.2) is 0 Å². The Kier molecular flexibility index (Phi) is 13.9. The molecule has 0 aromatic heterocycles. The molecule has 2 nitrogen and oxygen atoms in total. The Bertz CT molecular complexity index is 59.8. The monoisotopic (exact) mass is 226 g/mol. The minimum Gasteiger partial charge on any atom is -0.825 e. The minimum atomic E-state index is -3.61. The van der Waals surface area contributed by atoms with E-state index >= 15 is 0 Å². The molecule has 0 rings (SSSR count). The summed E-state index contributed by atoms with van der Waals surface area (Å²) in [4.78, 5) is 18.7. The second-order valence-corrected chi connectivity index (χ2v) is 5.24. The molecule has 0 aromatic rings. The molecule has 7 heteroatoms. The van der Waals surface area contributed by atoms with E-state index in [0.29, 0.717) is 0 Å². The van der Waals surface area contributed by atoms with E-state index in [0.717, 1.165) is 0 Å². The van der Waals surface area contributed by atoms with Gasteiger partial charge in [0.1, 0.15) is 0 Å². The van der Waals surface area contributed by atoms with Gasteiger partial charge in [-0.1, -0.05) is 0 Å². The second-order valence-electron chi connectivity index (χ2n) is 0.469. The van der Waals surface area contributed by atoms with E-state index in [1.165, 1.54) is 0 Å². The van der Waals surface area contributed by atoms with Crippen molar-refractivity contribution in [2.24, 2.45) is 0 Å². The molecule has 0 saturated carbocycles. The molecule has 0 fully saturated rings. The van der Waals surface area contributed by atoms with E-state index in [1.807, 2.05) is 0 Å². The number of thiol groups is 1. The van der Waals surface area contributed by atoms with Crippen LogP contribution in [0.4, 0.5) is 0 Å². The number of hydrogen-bond acceptors (Lipinski definition) is 3. The molecule has 0 amide bonds. The van der Waals surface area contributed by atoms with Crippen molar-refractivity contribution in [1.82, 2.24) is 0 Å². The van der Waals surface area contributed by atoms with Crippen molar-refractivity contribution in [3.8, 4) is 0 Å². The molecule has 0 saturated heterocycles. The summed E-state index contributed by atoms with van der Waals surface area (Å²) in [6, 6.07) is 0. The Balaban J connectivity index is -0.0000000800. The first-order chi connectivity index (χ1) is 2.00. The van der Waals surface area contributed by atoms with E-state index in [2.05, 4.69) is 24.1 Å². The summed E-state index contributed by atoms with van der Waals surface area (Å²) in [5.74, 6) is 0. The maximum absolute atomic E-state index is 9.34. The van der Waals surface area contributed by atoms with Crippen molar-refractivity contribution < 1.29 is 29.3 Å². The van der Waals surface area contributed by atoms with Gasteiger partial charge in [-0.05, 0) is 0 Å². The summed E-state index contributed by atoms with van der Waals surface area (Å²) < 4.78 is 0. The van der Waals surface area contributed by atoms with Crippen LogP contribution in [0, 0.1) is 0 Å². The first-order valence-electron chi connectivity index (χ1n) is 0.748. The standard InChI is InChI=1S/H3O2PS2.H3P.Zn/c1-3(2,4)5;;/h(H3,1,2,4,5);1H3;/q;;+2/p-2. The van der Waals surface area contributed by atoms with E-state index in [1.54, 1.807) is 0 Å². The van der Waals surface area contributed by atoms with Crippen molar-refractivity contribution in [1.29, 1.82) is 0 Å². The summed E-state index contributed by atoms with van der Waals surface area (Å²) in [6.07, 6.45) is 0. The Morgan fingerprint density at radius 2 is 1.43 bits per heavy atom. The van der Waals surface area contributed by atoms with Crippen LogP contribution in [0.5, 0.6) is 0 Å². The summed E-state index contributed by atoms with van der Waals surface area (Å²) in [7, 11) is 0. The fourth-order valence-corrected chi connectivity index (χ4v) is 0. The topological polar surface area (TPSA) is 46.1 Å². The van der Waals surface area contributed by atoms with Gasteiger partial charge in [0.2, 0.25) is 0 Å². The summed E-state index contributed by atoms with van der Waals surface area (Å²) >= 11 is 6.63. The Morgan fingerprint density at radius 3 is 1.43 bits per heavy atom. The van der Waals surface area contributed by atoms with Crippen molar-refractivity contribution in [2.75, 3.05) is 0 Å². The second kappa shape index (κ2) is 6.10. The van der Waals surface area contributed by atoms with Gasteiger partial charge in [0, 0.05) is 0 Å². The predicted octanol–water partition coefficient (Wildman–Crippen LogP) is -1.08. The third kappa shape index (κ3) is 73.1. The molecule has 0 spiro atoms. The first kappa shape index (κ1) is 16.0. The van der Waals surface area contributed by atoms with Gasteiger partial charge >= 0.3 is 19.5 Å². The zero-order valence-corrected chi connectivity index (χ0v) is 10.5. The number of hydrogen-bond donors (Lipinski definition) is 1. The maximum Gasteiger partial charge on any atom is 2.00 e. The van der Waals surface area contributed by atoms with E-state index in [-0.39, 0.29) is 29.4 Å². The van der Waals surface area contributed by atoms with Crippen LogP contribution in [0.3, 0.4) is 0 Å². The maximum atomic E-state index is 9.34. The molecule has 0 aromatic carbocycles. The smallest absolute Gasteiger partial charge is 0.825 e. The van der Waals surface area contributed by atoms with Gasteiger partial charge in [0.15, 0.2) is 0 Å². The van der Waals surface area contributed by atoms with Gasteiger partial charge in [-0.2, -0.15) is 27.8 Å². The Hall–Kier alpha value is 1.97. The van der Waals surface area contributed by atoms with Crippen molar-refractivity contribution >= 4 is 39.6 Å². The molecule has 7 heavy (non-hydrogen) atoms. The average Bonchev–Trinajstić information content (AvgIpc) is 0.722. The molecule has 0 N–H and O–H groups in total. The number of rotatable bonds is 0. The van der Waals surface area contributed by atoms with Crippen LogP contribution >= 0.6 is 27.8 Å². The van der Waals surface area contributed by atoms with E-state index < -0.39 is 5.69 Å². The molecule has 0 radical (unpaired) electrons. The largest absolute Gasteiger partial charge is 2.00 e. The SMILES string of the molecule is P.[O-]P([O-])(=S)S.[Zn+2].